The molecule has 10 heteroatoms. The molecule has 2 amide bonds. The van der Waals surface area contributed by atoms with Crippen molar-refractivity contribution in [2.45, 2.75) is 26.7 Å². The molecule has 0 aromatic heterocycles. The minimum atomic E-state index is -0.486. The summed E-state index contributed by atoms with van der Waals surface area (Å²) in [5.41, 5.74) is 5.73. The third kappa shape index (κ3) is 8.77. The number of benzene rings is 1. The second kappa shape index (κ2) is 11.4. The molecular weight excluding hydrogens is 426 g/mol. The Morgan fingerprint density at radius 2 is 1.88 bits per heavy atom. The van der Waals surface area contributed by atoms with Crippen molar-refractivity contribution in [2.75, 3.05) is 13.2 Å². The maximum absolute atomic E-state index is 11.7. The lowest BCUT2D eigenvalue weighted by molar-refractivity contribution is -0.144. The van der Waals surface area contributed by atoms with E-state index in [9.17, 15) is 14.4 Å². The molecule has 8 nitrogen and oxygen atoms in total. The predicted molar refractivity (Wildman–Crippen MR) is 102 cm³/mol. The summed E-state index contributed by atoms with van der Waals surface area (Å²) >= 11 is 8.22. The Kier molecular flexibility index (Phi) is 9.60. The molecule has 3 N–H and O–H groups in total. The average Bonchev–Trinajstić information content (AvgIpc) is 2.57. The number of hydrogen-bond donors (Lipinski definition) is 3. The molecule has 0 aliphatic carbocycles. The van der Waals surface area contributed by atoms with E-state index in [-0.39, 0.29) is 31.2 Å². The molecule has 142 valence electrons. The first-order valence-corrected chi connectivity index (χ1v) is 8.95. The van der Waals surface area contributed by atoms with Gasteiger partial charge in [-0.3, -0.25) is 25.2 Å². The molecule has 0 atom stereocenters. The number of carbonyl (C=O) groups is 3. The van der Waals surface area contributed by atoms with Gasteiger partial charge in [-0.1, -0.05) is 6.07 Å². The van der Waals surface area contributed by atoms with Crippen LogP contribution in [0.4, 0.5) is 0 Å². The molecule has 0 radical (unpaired) electrons. The third-order valence-electron chi connectivity index (χ3n) is 2.88. The molecule has 0 spiro atoms. The maximum Gasteiger partial charge on any atom is 0.306 e. The van der Waals surface area contributed by atoms with Crippen molar-refractivity contribution >= 4 is 51.0 Å². The molecular formula is C16H20BrN3O5S. The molecule has 0 aliphatic rings. The summed E-state index contributed by atoms with van der Waals surface area (Å²) in [6.07, 6.45) is -0.118. The van der Waals surface area contributed by atoms with Gasteiger partial charge in [-0.05, 0) is 59.7 Å². The molecule has 0 heterocycles. The highest BCUT2D eigenvalue weighted by Crippen LogP contribution is 2.25. The zero-order valence-electron chi connectivity index (χ0n) is 14.4. The van der Waals surface area contributed by atoms with Crippen molar-refractivity contribution in [1.29, 1.82) is 0 Å². The fourth-order valence-corrected chi connectivity index (χ4v) is 2.47. The van der Waals surface area contributed by atoms with Crippen molar-refractivity contribution in [3.05, 3.63) is 28.2 Å². The summed E-state index contributed by atoms with van der Waals surface area (Å²) in [7, 11) is 0. The second-order valence-electron chi connectivity index (χ2n) is 5.08. The number of hydrazine groups is 1. The summed E-state index contributed by atoms with van der Waals surface area (Å²) in [5.74, 6) is -0.889. The lowest BCUT2D eigenvalue weighted by atomic mass is 10.2. The van der Waals surface area contributed by atoms with Gasteiger partial charge in [-0.25, -0.2) is 0 Å². The minimum absolute atomic E-state index is 0.0477. The van der Waals surface area contributed by atoms with Crippen molar-refractivity contribution in [1.82, 2.24) is 16.2 Å². The summed E-state index contributed by atoms with van der Waals surface area (Å²) in [5, 5.41) is 2.24. The molecule has 0 fully saturated rings. The van der Waals surface area contributed by atoms with Gasteiger partial charge in [0.2, 0.25) is 5.91 Å². The second-order valence-corrected chi connectivity index (χ2v) is 6.34. The first-order valence-electron chi connectivity index (χ1n) is 7.75. The van der Waals surface area contributed by atoms with E-state index in [4.69, 9.17) is 21.7 Å². The smallest absolute Gasteiger partial charge is 0.306 e. The maximum atomic E-state index is 11.7. The molecule has 0 saturated carbocycles. The zero-order valence-corrected chi connectivity index (χ0v) is 16.8. The Labute approximate surface area is 165 Å². The van der Waals surface area contributed by atoms with Gasteiger partial charge in [-0.2, -0.15) is 0 Å². The van der Waals surface area contributed by atoms with Crippen LogP contribution in [-0.4, -0.2) is 36.1 Å². The van der Waals surface area contributed by atoms with Crippen LogP contribution in [0.5, 0.6) is 5.75 Å². The third-order valence-corrected chi connectivity index (χ3v) is 3.70. The quantitative estimate of drug-likeness (QED) is 0.331. The fourth-order valence-electron chi connectivity index (χ4n) is 1.70. The average molecular weight is 446 g/mol. The molecule has 0 aliphatic heterocycles. The minimum Gasteiger partial charge on any atom is -0.483 e. The SMILES string of the molecule is CCOC(=O)CCC(=O)NC(=S)NNC(=O)COc1ccc(C)cc1Br. The first-order chi connectivity index (χ1) is 12.3. The van der Waals surface area contributed by atoms with Gasteiger partial charge in [0, 0.05) is 6.42 Å². The normalized spacial score (nSPS) is 9.81. The van der Waals surface area contributed by atoms with Gasteiger partial charge in [0.15, 0.2) is 11.7 Å². The number of thiocarbonyl (C=S) groups is 1. The molecule has 0 bridgehead atoms. The van der Waals surface area contributed by atoms with Crippen LogP contribution in [0.15, 0.2) is 22.7 Å². The first kappa shape index (κ1) is 21.8. The van der Waals surface area contributed by atoms with E-state index in [1.54, 1.807) is 13.0 Å². The van der Waals surface area contributed by atoms with Crippen LogP contribution < -0.4 is 20.9 Å². The summed E-state index contributed by atoms with van der Waals surface area (Å²) in [4.78, 5) is 34.5. The number of halogens is 1. The molecule has 0 unspecified atom stereocenters. The van der Waals surface area contributed by atoms with E-state index in [0.717, 1.165) is 10.0 Å². The Morgan fingerprint density at radius 3 is 2.54 bits per heavy atom. The van der Waals surface area contributed by atoms with Crippen LogP contribution in [0.1, 0.15) is 25.3 Å². The van der Waals surface area contributed by atoms with Gasteiger partial charge in [0.05, 0.1) is 17.5 Å². The number of rotatable bonds is 7. The van der Waals surface area contributed by atoms with Gasteiger partial charge >= 0.3 is 5.97 Å². The van der Waals surface area contributed by atoms with E-state index < -0.39 is 17.8 Å². The number of ether oxygens (including phenoxy) is 2. The highest BCUT2D eigenvalue weighted by molar-refractivity contribution is 9.10. The van der Waals surface area contributed by atoms with Crippen LogP contribution in [0.25, 0.3) is 0 Å². The van der Waals surface area contributed by atoms with Gasteiger partial charge in [-0.15, -0.1) is 0 Å². The molecule has 0 saturated heterocycles. The number of hydrogen-bond acceptors (Lipinski definition) is 6. The molecule has 26 heavy (non-hydrogen) atoms. The van der Waals surface area contributed by atoms with Crippen LogP contribution in [0.2, 0.25) is 0 Å². The van der Waals surface area contributed by atoms with Gasteiger partial charge < -0.3 is 14.8 Å². The van der Waals surface area contributed by atoms with E-state index >= 15 is 0 Å². The van der Waals surface area contributed by atoms with Crippen LogP contribution in [0.3, 0.4) is 0 Å². The topological polar surface area (TPSA) is 106 Å². The van der Waals surface area contributed by atoms with Gasteiger partial charge in [0.1, 0.15) is 5.75 Å². The van der Waals surface area contributed by atoms with E-state index in [0.29, 0.717) is 5.75 Å². The standard InChI is InChI=1S/C16H20BrN3O5S/c1-3-24-15(23)7-6-13(21)18-16(26)20-19-14(22)9-25-12-5-4-10(2)8-11(12)17/h4-5,8H,3,6-7,9H2,1-2H3,(H,19,22)(H2,18,20,21,26). The van der Waals surface area contributed by atoms with E-state index in [2.05, 4.69) is 32.1 Å². The Morgan fingerprint density at radius 1 is 1.15 bits per heavy atom. The lowest BCUT2D eigenvalue weighted by Gasteiger charge is -2.12. The van der Waals surface area contributed by atoms with E-state index in [1.807, 2.05) is 19.1 Å². The highest BCUT2D eigenvalue weighted by atomic mass is 79.9. The van der Waals surface area contributed by atoms with E-state index in [1.165, 1.54) is 0 Å². The van der Waals surface area contributed by atoms with Crippen molar-refractivity contribution in [2.24, 2.45) is 0 Å². The molecule has 1 aromatic rings. The monoisotopic (exact) mass is 445 g/mol. The predicted octanol–water partition coefficient (Wildman–Crippen LogP) is 1.50. The summed E-state index contributed by atoms with van der Waals surface area (Å²) < 4.78 is 10.8. The number of esters is 1. The number of nitrogens with one attached hydrogen (secondary N) is 3. The van der Waals surface area contributed by atoms with Crippen molar-refractivity contribution in [3.8, 4) is 5.75 Å². The van der Waals surface area contributed by atoms with Crippen molar-refractivity contribution in [3.63, 3.8) is 0 Å². The zero-order chi connectivity index (χ0) is 19.5. The number of carbonyl (C=O) groups excluding carboxylic acids is 3. The van der Waals surface area contributed by atoms with Gasteiger partial charge in [0.25, 0.3) is 5.91 Å². The van der Waals surface area contributed by atoms with Crippen LogP contribution >= 0.6 is 28.1 Å². The number of aryl methyl sites for hydroxylation is 1. The largest absolute Gasteiger partial charge is 0.483 e. The number of amides is 2. The summed E-state index contributed by atoms with van der Waals surface area (Å²) in [6.45, 7) is 3.63. The summed E-state index contributed by atoms with van der Waals surface area (Å²) in [6, 6.07) is 5.47. The lowest BCUT2D eigenvalue weighted by Crippen LogP contribution is -2.49. The molecule has 1 aromatic carbocycles. The van der Waals surface area contributed by atoms with Crippen LogP contribution in [0, 0.1) is 6.92 Å². The fraction of sp³-hybridized carbons (Fsp3) is 0.375. The Hall–Kier alpha value is -2.20. The Bertz CT molecular complexity index is 684. The Balaban J connectivity index is 2.26. The van der Waals surface area contributed by atoms with Crippen molar-refractivity contribution < 1.29 is 23.9 Å². The highest BCUT2D eigenvalue weighted by Gasteiger charge is 2.10. The van der Waals surface area contributed by atoms with Crippen LogP contribution in [-0.2, 0) is 19.1 Å². The molecule has 1 rings (SSSR count).